The molecule has 1 rings (SSSR count). The number of esters is 1. The lowest BCUT2D eigenvalue weighted by atomic mass is 10.2. The highest BCUT2D eigenvalue weighted by molar-refractivity contribution is 14.1. The maximum Gasteiger partial charge on any atom is 0.344 e. The minimum atomic E-state index is -0.384. The second-order valence-electron chi connectivity index (χ2n) is 3.14. The van der Waals surface area contributed by atoms with E-state index in [0.29, 0.717) is 12.4 Å². The molecule has 6 heteroatoms. The number of rotatable bonds is 5. The van der Waals surface area contributed by atoms with Gasteiger partial charge in [-0.2, -0.15) is 0 Å². The third-order valence-electron chi connectivity index (χ3n) is 1.88. The molecule has 0 bridgehead atoms. The highest BCUT2D eigenvalue weighted by atomic mass is 127. The van der Waals surface area contributed by atoms with Crippen LogP contribution in [0.5, 0.6) is 5.75 Å². The summed E-state index contributed by atoms with van der Waals surface area (Å²) in [6, 6.07) is 3.65. The van der Waals surface area contributed by atoms with Crippen molar-refractivity contribution in [1.29, 1.82) is 0 Å². The van der Waals surface area contributed by atoms with Gasteiger partial charge >= 0.3 is 5.97 Å². The smallest absolute Gasteiger partial charge is 0.344 e. The van der Waals surface area contributed by atoms with E-state index >= 15 is 0 Å². The van der Waals surface area contributed by atoms with Crippen LogP contribution in [0.4, 0.5) is 0 Å². The molecule has 0 aromatic heterocycles. The quantitative estimate of drug-likeness (QED) is 0.540. The first kappa shape index (κ1) is 15.0. The van der Waals surface area contributed by atoms with Crippen molar-refractivity contribution in [1.82, 2.24) is 0 Å². The molecule has 4 nitrogen and oxygen atoms in total. The maximum absolute atomic E-state index is 11.2. The topological polar surface area (TPSA) is 55.8 Å². The second-order valence-corrected chi connectivity index (χ2v) is 5.46. The first-order chi connectivity index (χ1) is 8.08. The van der Waals surface area contributed by atoms with E-state index in [1.54, 1.807) is 6.92 Å². The van der Waals surface area contributed by atoms with Crippen molar-refractivity contribution in [2.45, 2.75) is 13.5 Å². The molecule has 17 heavy (non-hydrogen) atoms. The van der Waals surface area contributed by atoms with Crippen LogP contribution in [-0.2, 0) is 16.1 Å². The zero-order valence-electron chi connectivity index (χ0n) is 9.20. The molecule has 0 unspecified atom stereocenters. The Morgan fingerprint density at radius 3 is 2.41 bits per heavy atom. The Morgan fingerprint density at radius 1 is 1.35 bits per heavy atom. The Morgan fingerprint density at radius 2 is 1.94 bits per heavy atom. The van der Waals surface area contributed by atoms with Crippen molar-refractivity contribution in [2.75, 3.05) is 13.2 Å². The molecule has 0 aliphatic heterocycles. The van der Waals surface area contributed by atoms with Gasteiger partial charge in [-0.05, 0) is 69.8 Å². The molecule has 1 aromatic carbocycles. The van der Waals surface area contributed by atoms with Gasteiger partial charge < -0.3 is 14.6 Å². The lowest BCUT2D eigenvalue weighted by Gasteiger charge is -2.11. The van der Waals surface area contributed by atoms with Crippen LogP contribution in [0, 0.1) is 7.14 Å². The fourth-order valence-corrected chi connectivity index (χ4v) is 3.38. The zero-order chi connectivity index (χ0) is 12.8. The Kier molecular flexibility index (Phi) is 6.49. The molecular formula is C11H12I2O4. The summed E-state index contributed by atoms with van der Waals surface area (Å²) in [5.74, 6) is 0.266. The summed E-state index contributed by atoms with van der Waals surface area (Å²) in [7, 11) is 0. The molecule has 0 atom stereocenters. The van der Waals surface area contributed by atoms with Gasteiger partial charge in [-0.15, -0.1) is 0 Å². The normalized spacial score (nSPS) is 10.1. The summed E-state index contributed by atoms with van der Waals surface area (Å²) >= 11 is 4.22. The number of benzene rings is 1. The van der Waals surface area contributed by atoms with Gasteiger partial charge in [0.1, 0.15) is 5.75 Å². The van der Waals surface area contributed by atoms with Crippen LogP contribution in [0.1, 0.15) is 12.5 Å². The minimum Gasteiger partial charge on any atom is -0.480 e. The van der Waals surface area contributed by atoms with E-state index in [9.17, 15) is 4.79 Å². The molecule has 0 fully saturated rings. The van der Waals surface area contributed by atoms with Crippen molar-refractivity contribution in [2.24, 2.45) is 0 Å². The predicted molar refractivity (Wildman–Crippen MR) is 79.9 cm³/mol. The monoisotopic (exact) mass is 462 g/mol. The predicted octanol–water partition coefficient (Wildman–Crippen LogP) is 2.33. The van der Waals surface area contributed by atoms with E-state index in [0.717, 1.165) is 12.7 Å². The van der Waals surface area contributed by atoms with Crippen LogP contribution in [0.25, 0.3) is 0 Å². The van der Waals surface area contributed by atoms with Gasteiger partial charge in [0.15, 0.2) is 6.61 Å². The number of aliphatic hydroxyl groups is 1. The van der Waals surface area contributed by atoms with Gasteiger partial charge in [0, 0.05) is 0 Å². The molecule has 1 N–H and O–H groups in total. The third kappa shape index (κ3) is 4.59. The third-order valence-corrected chi connectivity index (χ3v) is 3.48. The number of hydrogen-bond donors (Lipinski definition) is 1. The van der Waals surface area contributed by atoms with Gasteiger partial charge in [-0.3, -0.25) is 0 Å². The van der Waals surface area contributed by atoms with E-state index in [1.807, 2.05) is 12.1 Å². The van der Waals surface area contributed by atoms with Crippen LogP contribution < -0.4 is 4.74 Å². The molecule has 0 aliphatic carbocycles. The summed E-state index contributed by atoms with van der Waals surface area (Å²) in [5, 5.41) is 9.04. The van der Waals surface area contributed by atoms with Crippen molar-refractivity contribution >= 4 is 51.2 Å². The number of halogens is 2. The molecule has 1 aromatic rings. The van der Waals surface area contributed by atoms with Crippen LogP contribution in [0.2, 0.25) is 0 Å². The fraction of sp³-hybridized carbons (Fsp3) is 0.364. The van der Waals surface area contributed by atoms with Crippen LogP contribution in [0.15, 0.2) is 12.1 Å². The van der Waals surface area contributed by atoms with E-state index in [1.165, 1.54) is 0 Å². The largest absolute Gasteiger partial charge is 0.480 e. The van der Waals surface area contributed by atoms with Crippen molar-refractivity contribution in [3.8, 4) is 5.75 Å². The molecule has 0 saturated heterocycles. The molecule has 0 heterocycles. The summed E-state index contributed by atoms with van der Waals surface area (Å²) in [6.07, 6.45) is 0. The van der Waals surface area contributed by atoms with E-state index in [2.05, 4.69) is 45.2 Å². The first-order valence-corrected chi connectivity index (χ1v) is 7.11. The van der Waals surface area contributed by atoms with Crippen molar-refractivity contribution in [3.63, 3.8) is 0 Å². The standard InChI is InChI=1S/C11H12I2O4/c1-2-16-10(15)6-17-11-8(12)3-7(5-14)4-9(11)13/h3-4,14H,2,5-6H2,1H3. The molecule has 0 amide bonds. The van der Waals surface area contributed by atoms with E-state index < -0.39 is 0 Å². The summed E-state index contributed by atoms with van der Waals surface area (Å²) < 4.78 is 11.9. The lowest BCUT2D eigenvalue weighted by molar-refractivity contribution is -0.145. The van der Waals surface area contributed by atoms with E-state index in [-0.39, 0.29) is 19.2 Å². The van der Waals surface area contributed by atoms with Gasteiger partial charge in [0.25, 0.3) is 0 Å². The first-order valence-electron chi connectivity index (χ1n) is 4.95. The number of ether oxygens (including phenoxy) is 2. The van der Waals surface area contributed by atoms with E-state index in [4.69, 9.17) is 14.6 Å². The van der Waals surface area contributed by atoms with Crippen molar-refractivity contribution in [3.05, 3.63) is 24.8 Å². The summed E-state index contributed by atoms with van der Waals surface area (Å²) in [6.45, 7) is 1.99. The number of carbonyl (C=O) groups excluding carboxylic acids is 1. The molecule has 0 saturated carbocycles. The molecule has 94 valence electrons. The Hall–Kier alpha value is -0.0900. The number of hydrogen-bond acceptors (Lipinski definition) is 4. The highest BCUT2D eigenvalue weighted by Crippen LogP contribution is 2.29. The minimum absolute atomic E-state index is 0.00976. The van der Waals surface area contributed by atoms with Crippen LogP contribution in [-0.4, -0.2) is 24.3 Å². The van der Waals surface area contributed by atoms with Crippen LogP contribution >= 0.6 is 45.2 Å². The maximum atomic E-state index is 11.2. The molecule has 0 aliphatic rings. The van der Waals surface area contributed by atoms with Gasteiger partial charge in [-0.25, -0.2) is 4.79 Å². The molecule has 0 radical (unpaired) electrons. The lowest BCUT2D eigenvalue weighted by Crippen LogP contribution is -2.15. The van der Waals surface area contributed by atoms with Gasteiger partial charge in [-0.1, -0.05) is 0 Å². The Balaban J connectivity index is 2.74. The number of aliphatic hydroxyl groups excluding tert-OH is 1. The molecular weight excluding hydrogens is 450 g/mol. The summed E-state index contributed by atoms with van der Waals surface area (Å²) in [5.41, 5.74) is 0.822. The van der Waals surface area contributed by atoms with Crippen molar-refractivity contribution < 1.29 is 19.4 Å². The second kappa shape index (κ2) is 7.37. The summed E-state index contributed by atoms with van der Waals surface area (Å²) in [4.78, 5) is 11.2. The fourth-order valence-electron chi connectivity index (χ4n) is 1.18. The SMILES string of the molecule is CCOC(=O)COc1c(I)cc(CO)cc1I. The number of carbonyl (C=O) groups is 1. The Labute approximate surface area is 127 Å². The average molecular weight is 462 g/mol. The Bertz CT molecular complexity index is 383. The van der Waals surface area contributed by atoms with Crippen LogP contribution in [0.3, 0.4) is 0 Å². The van der Waals surface area contributed by atoms with Gasteiger partial charge in [0.2, 0.25) is 0 Å². The average Bonchev–Trinajstić information content (AvgIpc) is 2.28. The van der Waals surface area contributed by atoms with Gasteiger partial charge in [0.05, 0.1) is 20.4 Å². The molecule has 0 spiro atoms. The highest BCUT2D eigenvalue weighted by Gasteiger charge is 2.11. The zero-order valence-corrected chi connectivity index (χ0v) is 13.5.